The summed E-state index contributed by atoms with van der Waals surface area (Å²) in [4.78, 5) is 27.9. The van der Waals surface area contributed by atoms with Crippen LogP contribution in [0.1, 0.15) is 40.3 Å². The van der Waals surface area contributed by atoms with E-state index in [-0.39, 0.29) is 17.4 Å². The molecule has 0 atom stereocenters. The Morgan fingerprint density at radius 1 is 1.12 bits per heavy atom. The number of non-ortho nitro benzene ring substituents is 1. The lowest BCUT2D eigenvalue weighted by molar-refractivity contribution is -0.384. The summed E-state index contributed by atoms with van der Waals surface area (Å²) >= 11 is 0. The summed E-state index contributed by atoms with van der Waals surface area (Å²) in [6.45, 7) is 1.85. The van der Waals surface area contributed by atoms with Gasteiger partial charge in [0.2, 0.25) is 0 Å². The summed E-state index contributed by atoms with van der Waals surface area (Å²) in [5.41, 5.74) is 7.28. The number of hydrogen-bond acceptors (Lipinski definition) is 7. The van der Waals surface area contributed by atoms with Gasteiger partial charge in [-0.05, 0) is 44.0 Å². The molecule has 0 fully saturated rings. The first kappa shape index (κ1) is 21.3. The minimum atomic E-state index is -0.446. The van der Waals surface area contributed by atoms with Crippen LogP contribution in [0.5, 0.6) is 0 Å². The molecule has 0 unspecified atom stereocenters. The van der Waals surface area contributed by atoms with Crippen molar-refractivity contribution in [3.05, 3.63) is 93.6 Å². The summed E-state index contributed by atoms with van der Waals surface area (Å²) in [6.07, 6.45) is 3.97. The van der Waals surface area contributed by atoms with E-state index in [9.17, 15) is 14.9 Å². The van der Waals surface area contributed by atoms with Crippen molar-refractivity contribution in [2.75, 3.05) is 10.7 Å². The number of furan rings is 1. The van der Waals surface area contributed by atoms with Gasteiger partial charge in [0.05, 0.1) is 27.5 Å². The van der Waals surface area contributed by atoms with Crippen LogP contribution in [0, 0.1) is 17.0 Å². The summed E-state index contributed by atoms with van der Waals surface area (Å²) in [7, 11) is 0. The minimum absolute atomic E-state index is 0.0147. The summed E-state index contributed by atoms with van der Waals surface area (Å²) in [5.74, 6) is 0.643. The van der Waals surface area contributed by atoms with Crippen molar-refractivity contribution in [1.82, 2.24) is 4.98 Å². The number of anilines is 2. The number of pyridine rings is 1. The third-order valence-corrected chi connectivity index (χ3v) is 5.81. The molecular weight excluding hydrogens is 434 g/mol. The van der Waals surface area contributed by atoms with E-state index in [0.29, 0.717) is 16.9 Å². The number of rotatable bonds is 5. The Morgan fingerprint density at radius 3 is 2.71 bits per heavy atom. The maximum absolute atomic E-state index is 13.1. The molecule has 170 valence electrons. The molecule has 0 bridgehead atoms. The molecule has 1 aliphatic rings. The maximum atomic E-state index is 13.1. The first-order valence-electron chi connectivity index (χ1n) is 10.9. The van der Waals surface area contributed by atoms with E-state index in [1.165, 1.54) is 12.1 Å². The zero-order valence-electron chi connectivity index (χ0n) is 18.4. The summed E-state index contributed by atoms with van der Waals surface area (Å²) < 4.78 is 5.99. The van der Waals surface area contributed by atoms with E-state index in [1.807, 2.05) is 37.3 Å². The lowest BCUT2D eigenvalue weighted by atomic mass is 9.93. The van der Waals surface area contributed by atoms with Crippen molar-refractivity contribution in [2.24, 2.45) is 5.10 Å². The molecule has 2 aromatic carbocycles. The maximum Gasteiger partial charge on any atom is 0.291 e. The minimum Gasteiger partial charge on any atom is -0.455 e. The molecule has 0 aliphatic heterocycles. The number of carbonyl (C=O) groups is 1. The molecule has 0 radical (unpaired) electrons. The number of fused-ring (bicyclic) bond motifs is 2. The quantitative estimate of drug-likeness (QED) is 0.305. The van der Waals surface area contributed by atoms with E-state index in [0.717, 1.165) is 47.2 Å². The molecule has 9 heteroatoms. The molecule has 4 aromatic rings. The monoisotopic (exact) mass is 455 g/mol. The van der Waals surface area contributed by atoms with E-state index in [2.05, 4.69) is 20.8 Å². The van der Waals surface area contributed by atoms with Gasteiger partial charge in [-0.3, -0.25) is 25.3 Å². The van der Waals surface area contributed by atoms with Crippen molar-refractivity contribution in [3.63, 3.8) is 0 Å². The molecule has 9 nitrogen and oxygen atoms in total. The van der Waals surface area contributed by atoms with Crippen LogP contribution in [-0.4, -0.2) is 21.5 Å². The van der Waals surface area contributed by atoms with Gasteiger partial charge in [-0.1, -0.05) is 18.2 Å². The molecule has 0 saturated carbocycles. The van der Waals surface area contributed by atoms with Crippen LogP contribution in [0.2, 0.25) is 0 Å². The Labute approximate surface area is 194 Å². The van der Waals surface area contributed by atoms with Crippen LogP contribution in [0.25, 0.3) is 10.9 Å². The molecule has 5 rings (SSSR count). The number of nitro benzene ring substituents is 1. The Morgan fingerprint density at radius 2 is 1.91 bits per heavy atom. The highest BCUT2D eigenvalue weighted by atomic mass is 16.6. The number of para-hydroxylation sites is 1. The van der Waals surface area contributed by atoms with Gasteiger partial charge in [-0.25, -0.2) is 0 Å². The fourth-order valence-corrected chi connectivity index (χ4v) is 4.17. The van der Waals surface area contributed by atoms with Crippen LogP contribution in [-0.2, 0) is 6.42 Å². The van der Waals surface area contributed by atoms with Crippen molar-refractivity contribution >= 4 is 39.6 Å². The van der Waals surface area contributed by atoms with Gasteiger partial charge in [0.1, 0.15) is 5.76 Å². The van der Waals surface area contributed by atoms with Gasteiger partial charge in [0.15, 0.2) is 5.76 Å². The van der Waals surface area contributed by atoms with E-state index in [4.69, 9.17) is 4.42 Å². The number of nitro groups is 1. The first-order chi connectivity index (χ1) is 16.5. The molecule has 2 N–H and O–H groups in total. The van der Waals surface area contributed by atoms with Crippen LogP contribution in [0.3, 0.4) is 0 Å². The molecule has 34 heavy (non-hydrogen) atoms. The Hall–Kier alpha value is -4.53. The molecule has 0 spiro atoms. The predicted octanol–water partition coefficient (Wildman–Crippen LogP) is 5.45. The topological polar surface area (TPSA) is 123 Å². The highest BCUT2D eigenvalue weighted by molar-refractivity contribution is 6.11. The molecule has 1 amide bonds. The van der Waals surface area contributed by atoms with Gasteiger partial charge in [-0.2, -0.15) is 5.10 Å². The lowest BCUT2D eigenvalue weighted by Crippen LogP contribution is -2.14. The van der Waals surface area contributed by atoms with Crippen LogP contribution in [0.4, 0.5) is 17.1 Å². The molecular formula is C25H21N5O4. The Balaban J connectivity index is 1.41. The van der Waals surface area contributed by atoms with Crippen molar-refractivity contribution in [3.8, 4) is 0 Å². The first-order valence-corrected chi connectivity index (χ1v) is 10.9. The van der Waals surface area contributed by atoms with Gasteiger partial charge in [-0.15, -0.1) is 0 Å². The summed E-state index contributed by atoms with van der Waals surface area (Å²) in [6, 6.07) is 15.5. The van der Waals surface area contributed by atoms with Crippen LogP contribution >= 0.6 is 0 Å². The number of benzene rings is 2. The smallest absolute Gasteiger partial charge is 0.291 e. The fraction of sp³-hybridized carbons (Fsp3) is 0.160. The van der Waals surface area contributed by atoms with Gasteiger partial charge in [0.25, 0.3) is 11.6 Å². The number of carbonyl (C=O) groups excluding carboxylic acids is 1. The second-order valence-corrected chi connectivity index (χ2v) is 8.02. The third-order valence-electron chi connectivity index (χ3n) is 5.81. The highest BCUT2D eigenvalue weighted by Crippen LogP contribution is 2.31. The SMILES string of the molecule is Cc1c(C(=O)Nc2cccc3cccnc23)oc2c1/C(=N/Nc1ccc([N+](=O)[O-])cc1)CCC2. The predicted molar refractivity (Wildman–Crippen MR) is 129 cm³/mol. The van der Waals surface area contributed by atoms with Crippen molar-refractivity contribution in [2.45, 2.75) is 26.2 Å². The van der Waals surface area contributed by atoms with E-state index in [1.54, 1.807) is 18.3 Å². The third kappa shape index (κ3) is 3.99. The largest absolute Gasteiger partial charge is 0.455 e. The van der Waals surface area contributed by atoms with E-state index < -0.39 is 4.92 Å². The lowest BCUT2D eigenvalue weighted by Gasteiger charge is -2.13. The summed E-state index contributed by atoms with van der Waals surface area (Å²) in [5, 5.41) is 19.2. The number of nitrogens with one attached hydrogen (secondary N) is 2. The second-order valence-electron chi connectivity index (χ2n) is 8.02. The normalized spacial score (nSPS) is 14.1. The Bertz CT molecular complexity index is 1430. The van der Waals surface area contributed by atoms with Gasteiger partial charge in [0, 0.05) is 41.3 Å². The van der Waals surface area contributed by atoms with Crippen LogP contribution < -0.4 is 10.7 Å². The second kappa shape index (κ2) is 8.78. The average Bonchev–Trinajstić information content (AvgIpc) is 3.20. The molecule has 2 aromatic heterocycles. The zero-order valence-corrected chi connectivity index (χ0v) is 18.4. The number of amides is 1. The average molecular weight is 455 g/mol. The highest BCUT2D eigenvalue weighted by Gasteiger charge is 2.28. The molecule has 0 saturated heterocycles. The van der Waals surface area contributed by atoms with Gasteiger partial charge < -0.3 is 9.73 Å². The number of aromatic nitrogens is 1. The standard InChI is InChI=1S/C25H21N5O4/c1-15-22-19(29-28-17-10-12-18(13-11-17)30(32)33)7-3-9-21(22)34-24(15)25(31)27-20-8-2-5-16-6-4-14-26-23(16)20/h2,4-6,8,10-14,28H,3,7,9H2,1H3,(H,27,31)/b29-19+. The number of hydrogen-bond donors (Lipinski definition) is 2. The number of aryl methyl sites for hydroxylation is 1. The van der Waals surface area contributed by atoms with Crippen LogP contribution in [0.15, 0.2) is 70.3 Å². The number of nitrogens with zero attached hydrogens (tertiary/aromatic N) is 3. The Kier molecular flexibility index (Phi) is 5.51. The molecule has 2 heterocycles. The van der Waals surface area contributed by atoms with Crippen molar-refractivity contribution in [1.29, 1.82) is 0 Å². The van der Waals surface area contributed by atoms with Crippen molar-refractivity contribution < 1.29 is 14.1 Å². The zero-order chi connectivity index (χ0) is 23.7. The van der Waals surface area contributed by atoms with Gasteiger partial charge >= 0.3 is 0 Å². The van der Waals surface area contributed by atoms with E-state index >= 15 is 0 Å². The fourth-order valence-electron chi connectivity index (χ4n) is 4.17. The molecule has 1 aliphatic carbocycles. The number of hydrazone groups is 1.